The number of nitrogens with zero attached hydrogens (tertiary/aromatic N) is 1. The average Bonchev–Trinajstić information content (AvgIpc) is 3.87. The third kappa shape index (κ3) is 9.39. The first-order valence-corrected chi connectivity index (χ1v) is 21.0. The van der Waals surface area contributed by atoms with Gasteiger partial charge in [-0.15, -0.1) is 6.58 Å². The van der Waals surface area contributed by atoms with E-state index in [0.717, 1.165) is 32.1 Å². The smallest absolute Gasteiger partial charge is 0.315 e. The summed E-state index contributed by atoms with van der Waals surface area (Å²) in [7, 11) is -3.61. The molecule has 13 heteroatoms. The van der Waals surface area contributed by atoms with Crippen molar-refractivity contribution in [3.05, 3.63) is 12.7 Å². The second-order valence-corrected chi connectivity index (χ2v) is 21.5. The third-order valence-corrected chi connectivity index (χ3v) is 15.1. The van der Waals surface area contributed by atoms with Gasteiger partial charge in [-0.2, -0.15) is 0 Å². The number of urea groups is 1. The number of likely N-dealkylation sites (tertiary alicyclic amines) is 1. The van der Waals surface area contributed by atoms with Gasteiger partial charge in [0.15, 0.2) is 9.84 Å². The first kappa shape index (κ1) is 41.8. The minimum Gasteiger partial charge on any atom is -0.346 e. The molecule has 0 aromatic heterocycles. The van der Waals surface area contributed by atoms with Gasteiger partial charge in [-0.3, -0.25) is 19.2 Å². The fourth-order valence-corrected chi connectivity index (χ4v) is 10.3. The van der Waals surface area contributed by atoms with Crippen LogP contribution in [0, 0.1) is 34.5 Å². The Morgan fingerprint density at radius 1 is 0.962 bits per heavy atom. The van der Waals surface area contributed by atoms with Gasteiger partial charge in [-0.1, -0.05) is 72.8 Å². The number of hydrogen-bond donors (Lipinski definition) is 4. The molecule has 6 atom stereocenters. The molecule has 12 nitrogen and oxygen atoms in total. The molecule has 3 saturated carbocycles. The van der Waals surface area contributed by atoms with Gasteiger partial charge in [0.1, 0.15) is 12.1 Å². The molecule has 0 bridgehead atoms. The summed E-state index contributed by atoms with van der Waals surface area (Å²) in [4.78, 5) is 70.7. The zero-order valence-corrected chi connectivity index (χ0v) is 33.8. The highest BCUT2D eigenvalue weighted by atomic mass is 32.2. The van der Waals surface area contributed by atoms with Crippen LogP contribution in [0.1, 0.15) is 120 Å². The van der Waals surface area contributed by atoms with Crippen molar-refractivity contribution < 1.29 is 32.4 Å². The summed E-state index contributed by atoms with van der Waals surface area (Å²) >= 11 is 0. The number of Topliss-reactive ketones (excluding diaryl/α,β-unsaturated/α-hetero) is 1. The van der Waals surface area contributed by atoms with E-state index in [0.29, 0.717) is 32.2 Å². The molecule has 52 heavy (non-hydrogen) atoms. The van der Waals surface area contributed by atoms with Crippen LogP contribution >= 0.6 is 0 Å². The van der Waals surface area contributed by atoms with E-state index in [4.69, 9.17) is 0 Å². The second-order valence-electron chi connectivity index (χ2n) is 18.8. The van der Waals surface area contributed by atoms with E-state index in [-0.39, 0.29) is 47.3 Å². The van der Waals surface area contributed by atoms with Gasteiger partial charge >= 0.3 is 6.03 Å². The van der Waals surface area contributed by atoms with Crippen molar-refractivity contribution in [2.75, 3.05) is 18.8 Å². The number of carbonyl (C=O) groups is 5. The summed E-state index contributed by atoms with van der Waals surface area (Å²) < 4.78 is 25.7. The Balaban J connectivity index is 1.62. The SMILES string of the molecule is C=CCNC(=O)C(=O)C(CC1CC1)NC(=O)[C@@H]1[C@@H]2[C@H](CN1C(=O)[C@@H](NC(=O)N[C@](C)(CC(C)C)CS(=O)(=O)C(C)(C)C)C1(C)CCCCC1)C2(C)C. The van der Waals surface area contributed by atoms with Crippen LogP contribution < -0.4 is 21.3 Å². The van der Waals surface area contributed by atoms with E-state index in [9.17, 15) is 32.4 Å². The van der Waals surface area contributed by atoms with Crippen LogP contribution in [0.5, 0.6) is 0 Å². The highest BCUT2D eigenvalue weighted by Crippen LogP contribution is 2.65. The Kier molecular flexibility index (Phi) is 12.4. The van der Waals surface area contributed by atoms with Gasteiger partial charge in [0.25, 0.3) is 5.91 Å². The fraction of sp³-hybridized carbons (Fsp3) is 0.821. The van der Waals surface area contributed by atoms with E-state index >= 15 is 0 Å². The maximum Gasteiger partial charge on any atom is 0.315 e. The van der Waals surface area contributed by atoms with Crippen molar-refractivity contribution in [2.45, 2.75) is 149 Å². The second kappa shape index (κ2) is 15.4. The lowest BCUT2D eigenvalue weighted by Gasteiger charge is -2.44. The maximum atomic E-state index is 14.9. The van der Waals surface area contributed by atoms with E-state index in [1.807, 2.05) is 20.8 Å². The Hall–Kier alpha value is -2.96. The molecule has 0 spiro atoms. The normalized spacial score (nSPS) is 25.9. The van der Waals surface area contributed by atoms with Gasteiger partial charge in [0.2, 0.25) is 17.6 Å². The summed E-state index contributed by atoms with van der Waals surface area (Å²) in [6.45, 7) is 20.8. The van der Waals surface area contributed by atoms with Gasteiger partial charge in [-0.05, 0) is 87.9 Å². The molecule has 0 aromatic carbocycles. The van der Waals surface area contributed by atoms with E-state index in [1.54, 1.807) is 32.6 Å². The number of hydrogen-bond acceptors (Lipinski definition) is 7. The minimum atomic E-state index is -3.61. The zero-order valence-electron chi connectivity index (χ0n) is 33.0. The number of rotatable bonds is 16. The molecule has 294 valence electrons. The molecule has 1 aliphatic heterocycles. The standard InChI is InChI=1S/C39H65N5O7S/c1-11-19-40-33(47)30(45)27(20-25-15-16-25)41-32(46)29-28-26(37(28,7)8)22-44(29)34(48)31(38(9)17-13-12-14-18-38)42-35(49)43-39(10,21-24(2)3)23-52(50,51)36(4,5)6/h11,24-29,31H,1,12-23H2,2-10H3,(H,40,47)(H,41,46)(H2,42,43,49)/t26-,27?,28-,29-,31+,39+/m0/s1. The van der Waals surface area contributed by atoms with Crippen molar-refractivity contribution in [3.63, 3.8) is 0 Å². The average molecular weight is 748 g/mol. The van der Waals surface area contributed by atoms with Gasteiger partial charge in [0.05, 0.1) is 22.1 Å². The molecule has 3 aliphatic carbocycles. The Morgan fingerprint density at radius 3 is 2.12 bits per heavy atom. The number of sulfone groups is 1. The van der Waals surface area contributed by atoms with Crippen molar-refractivity contribution in [3.8, 4) is 0 Å². The summed E-state index contributed by atoms with van der Waals surface area (Å²) in [6.07, 6.45) is 8.28. The topological polar surface area (TPSA) is 171 Å². The first-order chi connectivity index (χ1) is 24.0. The van der Waals surface area contributed by atoms with Crippen LogP contribution in [0.25, 0.3) is 0 Å². The lowest BCUT2D eigenvalue weighted by Crippen LogP contribution is -2.64. The predicted molar refractivity (Wildman–Crippen MR) is 202 cm³/mol. The van der Waals surface area contributed by atoms with Crippen LogP contribution in [0.15, 0.2) is 12.7 Å². The van der Waals surface area contributed by atoms with Crippen LogP contribution in [-0.2, 0) is 29.0 Å². The Morgan fingerprint density at radius 2 is 1.58 bits per heavy atom. The third-order valence-electron chi connectivity index (χ3n) is 12.2. The van der Waals surface area contributed by atoms with E-state index in [1.165, 1.54) is 6.08 Å². The summed E-state index contributed by atoms with van der Waals surface area (Å²) in [5.41, 5.74) is -1.91. The number of amides is 5. The number of piperidine rings is 1. The quantitative estimate of drug-likeness (QED) is 0.135. The summed E-state index contributed by atoms with van der Waals surface area (Å²) in [6, 6.07) is -3.48. The summed E-state index contributed by atoms with van der Waals surface area (Å²) in [5, 5.41) is 11.4. The molecule has 1 heterocycles. The van der Waals surface area contributed by atoms with E-state index < -0.39 is 67.3 Å². The molecule has 1 unspecified atom stereocenters. The largest absolute Gasteiger partial charge is 0.346 e. The number of carbonyl (C=O) groups excluding carboxylic acids is 5. The minimum absolute atomic E-state index is 0.0613. The summed E-state index contributed by atoms with van der Waals surface area (Å²) in [5.74, 6) is -2.34. The molecule has 0 radical (unpaired) electrons. The molecule has 5 amide bonds. The van der Waals surface area contributed by atoms with Gasteiger partial charge in [0, 0.05) is 13.1 Å². The molecule has 1 saturated heterocycles. The highest BCUT2D eigenvalue weighted by Gasteiger charge is 2.70. The van der Waals surface area contributed by atoms with Crippen molar-refractivity contribution in [1.82, 2.24) is 26.2 Å². The van der Waals surface area contributed by atoms with Gasteiger partial charge < -0.3 is 26.2 Å². The van der Waals surface area contributed by atoms with Gasteiger partial charge in [-0.25, -0.2) is 13.2 Å². The highest BCUT2D eigenvalue weighted by molar-refractivity contribution is 7.92. The van der Waals surface area contributed by atoms with Crippen molar-refractivity contribution >= 4 is 39.4 Å². The lowest BCUT2D eigenvalue weighted by molar-refractivity contribution is -0.146. The maximum absolute atomic E-state index is 14.9. The molecule has 0 aromatic rings. The molecular weight excluding hydrogens is 683 g/mol. The zero-order chi connectivity index (χ0) is 39.0. The van der Waals surface area contributed by atoms with Crippen molar-refractivity contribution in [1.29, 1.82) is 0 Å². The first-order valence-electron chi connectivity index (χ1n) is 19.3. The number of fused-ring (bicyclic) bond motifs is 1. The molecule has 4 rings (SSSR count). The van der Waals surface area contributed by atoms with Crippen LogP contribution in [0.3, 0.4) is 0 Å². The van der Waals surface area contributed by atoms with Crippen LogP contribution in [-0.4, -0.2) is 90.1 Å². The van der Waals surface area contributed by atoms with Crippen LogP contribution in [0.2, 0.25) is 0 Å². The molecule has 4 aliphatic rings. The van der Waals surface area contributed by atoms with Crippen molar-refractivity contribution in [2.24, 2.45) is 34.5 Å². The Labute approximate surface area is 311 Å². The molecular formula is C39H65N5O7S. The van der Waals surface area contributed by atoms with E-state index in [2.05, 4.69) is 41.7 Å². The fourth-order valence-electron chi connectivity index (χ4n) is 8.87. The predicted octanol–water partition coefficient (Wildman–Crippen LogP) is 4.28. The number of nitrogens with one attached hydrogen (secondary N) is 4. The lowest BCUT2D eigenvalue weighted by atomic mass is 9.70. The van der Waals surface area contributed by atoms with Crippen LogP contribution in [0.4, 0.5) is 4.79 Å². The molecule has 4 N–H and O–H groups in total. The molecule has 4 fully saturated rings. The number of ketones is 1. The monoisotopic (exact) mass is 747 g/mol. The Bertz CT molecular complexity index is 1510.